The Morgan fingerprint density at radius 2 is 2.16 bits per heavy atom. The molecule has 1 N–H and O–H groups in total. The number of hydrogen-bond acceptors (Lipinski definition) is 3. The molecule has 1 amide bonds. The summed E-state index contributed by atoms with van der Waals surface area (Å²) in [5.41, 5.74) is 0.813. The number of fused-ring (bicyclic) bond motifs is 1. The van der Waals surface area contributed by atoms with Crippen LogP contribution in [0, 0.1) is 17.3 Å². The number of hydrogen-bond donors (Lipinski definition) is 1. The van der Waals surface area contributed by atoms with Crippen LogP contribution in [0.1, 0.15) is 24.3 Å². The second-order valence-electron chi connectivity index (χ2n) is 5.99. The first kappa shape index (κ1) is 12.7. The zero-order valence-corrected chi connectivity index (χ0v) is 11.9. The van der Waals surface area contributed by atoms with E-state index in [-0.39, 0.29) is 11.8 Å². The Morgan fingerprint density at radius 3 is 2.79 bits per heavy atom. The van der Waals surface area contributed by atoms with Crippen LogP contribution in [0.3, 0.4) is 0 Å². The molecule has 0 bridgehead atoms. The minimum atomic E-state index is -0.850. The molecule has 5 heteroatoms. The molecular formula is C14H17NO3S. The highest BCUT2D eigenvalue weighted by Gasteiger charge is 2.66. The molecule has 2 aliphatic rings. The lowest BCUT2D eigenvalue weighted by Gasteiger charge is -2.27. The molecule has 0 radical (unpaired) electrons. The molecule has 0 spiro atoms. The standard InChI is InChI=1S/C14H17NO3S/c1-14(2)10(11(14)13(17)18)12(16)15-5-3-9-8(7-15)4-6-19-9/h4,6,10-11H,3,5,7H2,1-2H3,(H,17,18). The maximum atomic E-state index is 12.5. The number of amides is 1. The topological polar surface area (TPSA) is 57.6 Å². The lowest BCUT2D eigenvalue weighted by atomic mass is 10.1. The van der Waals surface area contributed by atoms with Crippen LogP contribution in [0.15, 0.2) is 11.4 Å². The number of thiophene rings is 1. The molecule has 1 saturated carbocycles. The molecule has 2 unspecified atom stereocenters. The summed E-state index contributed by atoms with van der Waals surface area (Å²) < 4.78 is 0. The number of aliphatic carboxylic acids is 1. The van der Waals surface area contributed by atoms with E-state index in [1.54, 1.807) is 11.3 Å². The number of carboxylic acids is 1. The van der Waals surface area contributed by atoms with Crippen LogP contribution in [0.2, 0.25) is 0 Å². The molecule has 19 heavy (non-hydrogen) atoms. The van der Waals surface area contributed by atoms with Crippen LogP contribution in [-0.4, -0.2) is 28.4 Å². The van der Waals surface area contributed by atoms with E-state index in [1.165, 1.54) is 10.4 Å². The first-order chi connectivity index (χ1) is 8.93. The van der Waals surface area contributed by atoms with Gasteiger partial charge in [0.2, 0.25) is 5.91 Å². The lowest BCUT2D eigenvalue weighted by molar-refractivity contribution is -0.142. The van der Waals surface area contributed by atoms with E-state index in [1.807, 2.05) is 18.7 Å². The van der Waals surface area contributed by atoms with Gasteiger partial charge in [0.25, 0.3) is 0 Å². The van der Waals surface area contributed by atoms with E-state index in [4.69, 9.17) is 5.11 Å². The summed E-state index contributed by atoms with van der Waals surface area (Å²) in [6.45, 7) is 5.09. The molecule has 3 rings (SSSR count). The fraction of sp³-hybridized carbons (Fsp3) is 0.571. The third kappa shape index (κ3) is 1.87. The number of carboxylic acid groups (broad SMARTS) is 1. The number of carbonyl (C=O) groups excluding carboxylic acids is 1. The van der Waals surface area contributed by atoms with Crippen LogP contribution in [0.25, 0.3) is 0 Å². The van der Waals surface area contributed by atoms with Gasteiger partial charge in [-0.25, -0.2) is 0 Å². The Balaban J connectivity index is 1.75. The molecule has 1 fully saturated rings. The highest BCUT2D eigenvalue weighted by molar-refractivity contribution is 7.10. The Labute approximate surface area is 116 Å². The summed E-state index contributed by atoms with van der Waals surface area (Å²) in [5, 5.41) is 11.2. The summed E-state index contributed by atoms with van der Waals surface area (Å²) in [4.78, 5) is 26.8. The fourth-order valence-corrected chi connectivity index (χ4v) is 4.08. The van der Waals surface area contributed by atoms with Crippen LogP contribution in [-0.2, 0) is 22.6 Å². The van der Waals surface area contributed by atoms with Crippen molar-refractivity contribution in [2.45, 2.75) is 26.8 Å². The van der Waals surface area contributed by atoms with Gasteiger partial charge in [0.1, 0.15) is 0 Å². The number of rotatable bonds is 2. The van der Waals surface area contributed by atoms with E-state index in [9.17, 15) is 9.59 Å². The molecule has 0 aromatic carbocycles. The third-order valence-electron chi connectivity index (χ3n) is 4.48. The van der Waals surface area contributed by atoms with Gasteiger partial charge in [-0.15, -0.1) is 11.3 Å². The van der Waals surface area contributed by atoms with E-state index in [0.29, 0.717) is 13.1 Å². The van der Waals surface area contributed by atoms with Crippen LogP contribution < -0.4 is 0 Å². The van der Waals surface area contributed by atoms with Crippen LogP contribution in [0.4, 0.5) is 0 Å². The second kappa shape index (κ2) is 4.07. The van der Waals surface area contributed by atoms with Gasteiger partial charge in [-0.3, -0.25) is 9.59 Å². The summed E-state index contributed by atoms with van der Waals surface area (Å²) in [6.07, 6.45) is 0.892. The highest BCUT2D eigenvalue weighted by atomic mass is 32.1. The average molecular weight is 279 g/mol. The summed E-state index contributed by atoms with van der Waals surface area (Å²) >= 11 is 1.74. The normalized spacial score (nSPS) is 27.8. The Morgan fingerprint density at radius 1 is 1.42 bits per heavy atom. The highest BCUT2D eigenvalue weighted by Crippen LogP contribution is 2.59. The zero-order valence-electron chi connectivity index (χ0n) is 11.0. The van der Waals surface area contributed by atoms with Crippen molar-refractivity contribution >= 4 is 23.2 Å². The Bertz CT molecular complexity index is 549. The van der Waals surface area contributed by atoms with Gasteiger partial charge in [-0.05, 0) is 28.8 Å². The maximum Gasteiger partial charge on any atom is 0.307 e. The summed E-state index contributed by atoms with van der Waals surface area (Å²) in [7, 11) is 0. The maximum absolute atomic E-state index is 12.5. The SMILES string of the molecule is CC1(C)C(C(=O)O)C1C(=O)N1CCc2sccc2C1. The molecule has 0 saturated heterocycles. The van der Waals surface area contributed by atoms with Crippen LogP contribution >= 0.6 is 11.3 Å². The average Bonchev–Trinajstić information content (AvgIpc) is 2.73. The van der Waals surface area contributed by atoms with E-state index < -0.39 is 17.3 Å². The molecule has 102 valence electrons. The monoisotopic (exact) mass is 279 g/mol. The fourth-order valence-electron chi connectivity index (χ4n) is 3.19. The Hall–Kier alpha value is -1.36. The van der Waals surface area contributed by atoms with Crippen molar-refractivity contribution in [3.05, 3.63) is 21.9 Å². The summed E-state index contributed by atoms with van der Waals surface area (Å²) in [5.74, 6) is -1.72. The second-order valence-corrected chi connectivity index (χ2v) is 6.99. The van der Waals surface area contributed by atoms with E-state index >= 15 is 0 Å². The van der Waals surface area contributed by atoms with Crippen molar-refractivity contribution in [2.75, 3.05) is 6.54 Å². The van der Waals surface area contributed by atoms with E-state index in [0.717, 1.165) is 6.42 Å². The van der Waals surface area contributed by atoms with Gasteiger partial charge in [-0.1, -0.05) is 13.8 Å². The predicted octanol–water partition coefficient (Wildman–Crippen LogP) is 1.99. The molecule has 1 aromatic heterocycles. The smallest absolute Gasteiger partial charge is 0.307 e. The minimum Gasteiger partial charge on any atom is -0.481 e. The molecule has 2 atom stereocenters. The number of nitrogens with zero attached hydrogens (tertiary/aromatic N) is 1. The molecule has 1 aromatic rings. The minimum absolute atomic E-state index is 0.00856. The van der Waals surface area contributed by atoms with Gasteiger partial charge in [-0.2, -0.15) is 0 Å². The van der Waals surface area contributed by atoms with Gasteiger partial charge >= 0.3 is 5.97 Å². The number of carbonyl (C=O) groups is 2. The van der Waals surface area contributed by atoms with Gasteiger partial charge in [0.15, 0.2) is 0 Å². The molecule has 2 heterocycles. The van der Waals surface area contributed by atoms with Crippen molar-refractivity contribution in [1.29, 1.82) is 0 Å². The molecule has 4 nitrogen and oxygen atoms in total. The van der Waals surface area contributed by atoms with Crippen molar-refractivity contribution in [3.63, 3.8) is 0 Å². The van der Waals surface area contributed by atoms with Gasteiger partial charge < -0.3 is 10.0 Å². The molecule has 1 aliphatic carbocycles. The lowest BCUT2D eigenvalue weighted by Crippen LogP contribution is -2.37. The largest absolute Gasteiger partial charge is 0.481 e. The van der Waals surface area contributed by atoms with Crippen LogP contribution in [0.5, 0.6) is 0 Å². The van der Waals surface area contributed by atoms with E-state index in [2.05, 4.69) is 11.4 Å². The van der Waals surface area contributed by atoms with Crippen molar-refractivity contribution < 1.29 is 14.7 Å². The first-order valence-electron chi connectivity index (χ1n) is 6.49. The van der Waals surface area contributed by atoms with Gasteiger partial charge in [0, 0.05) is 18.0 Å². The van der Waals surface area contributed by atoms with Crippen molar-refractivity contribution in [2.24, 2.45) is 17.3 Å². The van der Waals surface area contributed by atoms with Crippen molar-refractivity contribution in [1.82, 2.24) is 4.90 Å². The van der Waals surface area contributed by atoms with Crippen molar-refractivity contribution in [3.8, 4) is 0 Å². The predicted molar refractivity (Wildman–Crippen MR) is 71.8 cm³/mol. The zero-order chi connectivity index (χ0) is 13.8. The molecule has 1 aliphatic heterocycles. The first-order valence-corrected chi connectivity index (χ1v) is 7.37. The Kier molecular flexibility index (Phi) is 2.71. The quantitative estimate of drug-likeness (QED) is 0.900. The summed E-state index contributed by atoms with van der Waals surface area (Å²) in [6, 6.07) is 2.06. The third-order valence-corrected chi connectivity index (χ3v) is 5.50. The molecular weight excluding hydrogens is 262 g/mol. The van der Waals surface area contributed by atoms with Gasteiger partial charge in [0.05, 0.1) is 11.8 Å².